The number of likely N-dealkylation sites (N-methyl/N-ethyl adjacent to an activating group) is 1. The maximum atomic E-state index is 5.89. The first-order valence-electron chi connectivity index (χ1n) is 9.10. The van der Waals surface area contributed by atoms with E-state index in [1.54, 1.807) is 7.11 Å². The fraction of sp³-hybridized carbons (Fsp3) is 0.700. The van der Waals surface area contributed by atoms with E-state index in [-0.39, 0.29) is 24.0 Å². The molecular formula is C20H30INO2. The van der Waals surface area contributed by atoms with Crippen molar-refractivity contribution in [1.82, 2.24) is 0 Å². The summed E-state index contributed by atoms with van der Waals surface area (Å²) in [7, 11) is 8.44. The minimum absolute atomic E-state index is 0. The standard InChI is InChI=1S/C20H30NO2.HI/c1-21(2)12-11-20-10-6-5-7-15(20)16(21)13-14-8-9-17(22-3)19(23-4)18(14)20;/h8-9,15-16H,5-7,10-13H2,1-4H3;1H/q+1;/p-1/t15-,16+,20+;/m0./s1. The van der Waals surface area contributed by atoms with Gasteiger partial charge >= 0.3 is 0 Å². The zero-order valence-electron chi connectivity index (χ0n) is 15.4. The topological polar surface area (TPSA) is 18.5 Å². The number of rotatable bonds is 2. The number of hydrogen-bond donors (Lipinski definition) is 0. The average Bonchev–Trinajstić information content (AvgIpc) is 2.57. The number of fused-ring (bicyclic) bond motifs is 1. The second-order valence-electron chi connectivity index (χ2n) is 8.37. The van der Waals surface area contributed by atoms with Gasteiger partial charge in [0.25, 0.3) is 0 Å². The van der Waals surface area contributed by atoms with Crippen molar-refractivity contribution in [2.24, 2.45) is 5.92 Å². The van der Waals surface area contributed by atoms with Crippen molar-refractivity contribution in [2.45, 2.75) is 50.0 Å². The molecule has 1 aromatic carbocycles. The molecule has 0 amide bonds. The molecule has 1 heterocycles. The fourth-order valence-electron chi connectivity index (χ4n) is 6.01. The summed E-state index contributed by atoms with van der Waals surface area (Å²) < 4.78 is 12.7. The molecule has 3 atom stereocenters. The Morgan fingerprint density at radius 1 is 1.08 bits per heavy atom. The Morgan fingerprint density at radius 2 is 1.88 bits per heavy atom. The van der Waals surface area contributed by atoms with Crippen LogP contribution in [0.5, 0.6) is 11.5 Å². The highest BCUT2D eigenvalue weighted by molar-refractivity contribution is 5.57. The van der Waals surface area contributed by atoms with Gasteiger partial charge < -0.3 is 37.9 Å². The quantitative estimate of drug-likeness (QED) is 0.491. The van der Waals surface area contributed by atoms with Crippen LogP contribution in [0.1, 0.15) is 43.2 Å². The first-order valence-corrected chi connectivity index (χ1v) is 9.10. The second-order valence-corrected chi connectivity index (χ2v) is 8.37. The highest BCUT2D eigenvalue weighted by Crippen LogP contribution is 2.60. The summed E-state index contributed by atoms with van der Waals surface area (Å²) in [5, 5.41) is 0. The lowest BCUT2D eigenvalue weighted by molar-refractivity contribution is -0.927. The number of hydrogen-bond acceptors (Lipinski definition) is 2. The van der Waals surface area contributed by atoms with Gasteiger partial charge in [0.1, 0.15) is 0 Å². The number of likely N-dealkylation sites (tertiary alicyclic amines) is 1. The van der Waals surface area contributed by atoms with Gasteiger partial charge in [-0.1, -0.05) is 18.9 Å². The Balaban J connectivity index is 0.00000169. The van der Waals surface area contributed by atoms with Crippen molar-refractivity contribution < 1.29 is 37.9 Å². The molecule has 134 valence electrons. The van der Waals surface area contributed by atoms with Crippen molar-refractivity contribution >= 4 is 0 Å². The Kier molecular flexibility index (Phi) is 4.84. The van der Waals surface area contributed by atoms with Crippen LogP contribution in [0, 0.1) is 5.92 Å². The Bertz CT molecular complexity index is 630. The minimum Gasteiger partial charge on any atom is -1.00 e. The third-order valence-corrected chi connectivity index (χ3v) is 7.15. The van der Waals surface area contributed by atoms with Gasteiger partial charge in [0.2, 0.25) is 0 Å². The van der Waals surface area contributed by atoms with Gasteiger partial charge in [-0.05, 0) is 24.5 Å². The summed E-state index contributed by atoms with van der Waals surface area (Å²) in [4.78, 5) is 0. The number of nitrogens with zero attached hydrogens (tertiary/aromatic N) is 1. The molecular weight excluding hydrogens is 413 g/mol. The summed E-state index contributed by atoms with van der Waals surface area (Å²) in [6, 6.07) is 5.17. The Labute approximate surface area is 163 Å². The lowest BCUT2D eigenvalue weighted by atomic mass is 9.51. The molecule has 4 rings (SSSR count). The van der Waals surface area contributed by atoms with E-state index in [9.17, 15) is 0 Å². The summed E-state index contributed by atoms with van der Waals surface area (Å²) in [6.45, 7) is 1.28. The lowest BCUT2D eigenvalue weighted by Crippen LogP contribution is -3.00. The maximum Gasteiger partial charge on any atom is 0.164 e. The molecule has 2 bridgehead atoms. The van der Waals surface area contributed by atoms with Gasteiger partial charge in [-0.25, -0.2) is 0 Å². The van der Waals surface area contributed by atoms with Gasteiger partial charge in [-0.3, -0.25) is 0 Å². The smallest absolute Gasteiger partial charge is 0.164 e. The van der Waals surface area contributed by atoms with E-state index in [0.717, 1.165) is 23.5 Å². The zero-order valence-corrected chi connectivity index (χ0v) is 17.6. The first kappa shape index (κ1) is 18.3. The van der Waals surface area contributed by atoms with E-state index >= 15 is 0 Å². The SMILES string of the molecule is COc1ccc2c(c1OC)[C@@]13CCCC[C@H]1[C@@H](C2)[N+](C)(C)CC3.[I-]. The monoisotopic (exact) mass is 443 g/mol. The van der Waals surface area contributed by atoms with E-state index in [2.05, 4.69) is 26.2 Å². The molecule has 0 aromatic heterocycles. The molecule has 1 aliphatic heterocycles. The molecule has 1 aromatic rings. The van der Waals surface area contributed by atoms with Crippen LogP contribution in [0.3, 0.4) is 0 Å². The number of halogens is 1. The van der Waals surface area contributed by atoms with Crippen LogP contribution in [-0.4, -0.2) is 45.4 Å². The third-order valence-electron chi connectivity index (χ3n) is 7.15. The summed E-state index contributed by atoms with van der Waals surface area (Å²) >= 11 is 0. The van der Waals surface area contributed by atoms with Crippen molar-refractivity contribution in [3.63, 3.8) is 0 Å². The molecule has 3 nitrogen and oxygen atoms in total. The van der Waals surface area contributed by atoms with Crippen LogP contribution in [0.25, 0.3) is 0 Å². The van der Waals surface area contributed by atoms with Gasteiger partial charge in [0, 0.05) is 29.7 Å². The van der Waals surface area contributed by atoms with Crippen LogP contribution >= 0.6 is 0 Å². The van der Waals surface area contributed by atoms with E-state index in [1.165, 1.54) is 60.7 Å². The molecule has 0 N–H and O–H groups in total. The molecule has 0 radical (unpaired) electrons. The van der Waals surface area contributed by atoms with Crippen molar-refractivity contribution in [1.29, 1.82) is 0 Å². The van der Waals surface area contributed by atoms with E-state index in [4.69, 9.17) is 9.47 Å². The molecule has 1 saturated carbocycles. The van der Waals surface area contributed by atoms with Crippen molar-refractivity contribution in [3.05, 3.63) is 23.3 Å². The molecule has 0 unspecified atom stereocenters. The molecule has 0 spiro atoms. The van der Waals surface area contributed by atoms with Gasteiger partial charge in [-0.2, -0.15) is 0 Å². The van der Waals surface area contributed by atoms with Crippen LogP contribution < -0.4 is 33.5 Å². The summed E-state index contributed by atoms with van der Waals surface area (Å²) in [6.07, 6.45) is 7.94. The molecule has 1 saturated heterocycles. The van der Waals surface area contributed by atoms with E-state index in [1.807, 2.05) is 7.11 Å². The van der Waals surface area contributed by atoms with Crippen LogP contribution in [0.2, 0.25) is 0 Å². The molecule has 2 aliphatic carbocycles. The predicted octanol–water partition coefficient (Wildman–Crippen LogP) is 0.541. The first-order chi connectivity index (χ1) is 11.0. The van der Waals surface area contributed by atoms with Crippen LogP contribution in [-0.2, 0) is 11.8 Å². The lowest BCUT2D eigenvalue weighted by Gasteiger charge is -2.60. The third kappa shape index (κ3) is 2.39. The predicted molar refractivity (Wildman–Crippen MR) is 92.3 cm³/mol. The van der Waals surface area contributed by atoms with Crippen molar-refractivity contribution in [2.75, 3.05) is 34.9 Å². The van der Waals surface area contributed by atoms with Gasteiger partial charge in [0.05, 0.1) is 40.9 Å². The number of benzene rings is 1. The summed E-state index contributed by atoms with van der Waals surface area (Å²) in [5.74, 6) is 2.72. The van der Waals surface area contributed by atoms with Gasteiger partial charge in [-0.15, -0.1) is 0 Å². The zero-order chi connectivity index (χ0) is 16.2. The average molecular weight is 443 g/mol. The van der Waals surface area contributed by atoms with E-state index in [0.29, 0.717) is 5.41 Å². The molecule has 4 heteroatoms. The maximum absolute atomic E-state index is 5.89. The summed E-state index contributed by atoms with van der Waals surface area (Å²) in [5.41, 5.74) is 3.33. The number of ether oxygens (including phenoxy) is 2. The Hall–Kier alpha value is -0.490. The normalized spacial score (nSPS) is 32.8. The highest BCUT2D eigenvalue weighted by Gasteiger charge is 2.59. The molecule has 24 heavy (non-hydrogen) atoms. The number of piperidine rings is 1. The van der Waals surface area contributed by atoms with Gasteiger partial charge in [0.15, 0.2) is 11.5 Å². The van der Waals surface area contributed by atoms with E-state index < -0.39 is 0 Å². The van der Waals surface area contributed by atoms with Crippen LogP contribution in [0.4, 0.5) is 0 Å². The number of methoxy groups -OCH3 is 2. The largest absolute Gasteiger partial charge is 1.00 e. The second kappa shape index (κ2) is 6.35. The molecule has 2 fully saturated rings. The molecule has 3 aliphatic rings. The van der Waals surface area contributed by atoms with Crippen molar-refractivity contribution in [3.8, 4) is 11.5 Å². The Morgan fingerprint density at radius 3 is 2.58 bits per heavy atom. The minimum atomic E-state index is 0. The number of quaternary nitrogens is 1. The fourth-order valence-corrected chi connectivity index (χ4v) is 6.01. The highest BCUT2D eigenvalue weighted by atomic mass is 127. The van der Waals surface area contributed by atoms with Crippen LogP contribution in [0.15, 0.2) is 12.1 Å².